The Kier molecular flexibility index (Phi) is 11.1. The molecule has 3 nitrogen and oxygen atoms in total. The van der Waals surface area contributed by atoms with Crippen LogP contribution in [-0.4, -0.2) is 24.1 Å². The van der Waals surface area contributed by atoms with Crippen molar-refractivity contribution in [3.8, 4) is 11.8 Å². The van der Waals surface area contributed by atoms with Gasteiger partial charge in [0.15, 0.2) is 6.29 Å². The number of hydrogen-bond donors (Lipinski definition) is 1. The Bertz CT molecular complexity index is 664. The van der Waals surface area contributed by atoms with Crippen LogP contribution in [0.3, 0.4) is 0 Å². The van der Waals surface area contributed by atoms with E-state index < -0.39 is 6.10 Å². The summed E-state index contributed by atoms with van der Waals surface area (Å²) in [7, 11) is 0. The molecule has 1 aliphatic rings. The third-order valence-corrected chi connectivity index (χ3v) is 5.53. The number of rotatable bonds is 11. The fourth-order valence-electron chi connectivity index (χ4n) is 3.82. The van der Waals surface area contributed by atoms with Crippen LogP contribution in [0.4, 0.5) is 0 Å². The van der Waals surface area contributed by atoms with E-state index in [1.807, 2.05) is 18.2 Å². The van der Waals surface area contributed by atoms with Crippen LogP contribution in [0.15, 0.2) is 30.9 Å². The molecule has 1 aromatic carbocycles. The van der Waals surface area contributed by atoms with E-state index in [4.69, 9.17) is 9.47 Å². The summed E-state index contributed by atoms with van der Waals surface area (Å²) in [5, 5.41) is 10.6. The highest BCUT2D eigenvalue weighted by Gasteiger charge is 2.19. The van der Waals surface area contributed by atoms with E-state index in [0.717, 1.165) is 56.3 Å². The van der Waals surface area contributed by atoms with Gasteiger partial charge in [-0.05, 0) is 62.1 Å². The number of hydrogen-bond acceptors (Lipinski definition) is 3. The molecule has 0 aliphatic carbocycles. The number of aryl methyl sites for hydroxylation is 1. The van der Waals surface area contributed by atoms with Gasteiger partial charge in [-0.15, -0.1) is 12.5 Å². The van der Waals surface area contributed by atoms with E-state index in [2.05, 4.69) is 38.3 Å². The number of ether oxygens (including phenoxy) is 2. The minimum Gasteiger partial charge on any atom is -0.376 e. The predicted octanol–water partition coefficient (Wildman–Crippen LogP) is 6.03. The van der Waals surface area contributed by atoms with Gasteiger partial charge in [-0.3, -0.25) is 0 Å². The number of aliphatic hydroxyl groups is 1. The minimum atomic E-state index is -0.758. The predicted molar refractivity (Wildman–Crippen MR) is 120 cm³/mol. The van der Waals surface area contributed by atoms with Crippen molar-refractivity contribution in [3.63, 3.8) is 0 Å². The van der Waals surface area contributed by atoms with Crippen molar-refractivity contribution in [1.29, 1.82) is 0 Å². The van der Waals surface area contributed by atoms with Crippen LogP contribution in [0.1, 0.15) is 87.5 Å². The first-order valence-corrected chi connectivity index (χ1v) is 11.3. The molecule has 0 saturated carbocycles. The summed E-state index contributed by atoms with van der Waals surface area (Å²) >= 11 is 0. The third-order valence-electron chi connectivity index (χ3n) is 5.53. The van der Waals surface area contributed by atoms with Gasteiger partial charge in [-0.2, -0.15) is 0 Å². The van der Waals surface area contributed by atoms with Gasteiger partial charge in [0.2, 0.25) is 0 Å². The van der Waals surface area contributed by atoms with Crippen molar-refractivity contribution in [2.45, 2.75) is 96.6 Å². The molecule has 1 N–H and O–H groups in total. The quantitative estimate of drug-likeness (QED) is 0.281. The summed E-state index contributed by atoms with van der Waals surface area (Å²) in [6, 6.07) is 6.00. The van der Waals surface area contributed by atoms with E-state index in [1.54, 1.807) is 0 Å². The minimum absolute atomic E-state index is 0.0531. The lowest BCUT2D eigenvalue weighted by Crippen LogP contribution is -2.28. The van der Waals surface area contributed by atoms with E-state index >= 15 is 0 Å². The van der Waals surface area contributed by atoms with Gasteiger partial charge in [0.1, 0.15) is 6.10 Å². The number of unbranched alkanes of at least 4 members (excludes halogenated alkanes) is 2. The Hall–Kier alpha value is -1.60. The maximum Gasteiger partial charge on any atom is 0.157 e. The molecule has 0 bridgehead atoms. The van der Waals surface area contributed by atoms with Crippen LogP contribution in [-0.2, 0) is 15.9 Å². The summed E-state index contributed by atoms with van der Waals surface area (Å²) in [4.78, 5) is 0. The Labute approximate surface area is 177 Å². The highest BCUT2D eigenvalue weighted by molar-refractivity contribution is 5.40. The van der Waals surface area contributed by atoms with Gasteiger partial charge >= 0.3 is 0 Å². The molecule has 1 aliphatic heterocycles. The van der Waals surface area contributed by atoms with Crippen molar-refractivity contribution in [3.05, 3.63) is 47.5 Å². The number of benzene rings is 1. The normalized spacial score (nSPS) is 18.5. The molecule has 1 saturated heterocycles. The Morgan fingerprint density at radius 1 is 1.31 bits per heavy atom. The van der Waals surface area contributed by atoms with Crippen molar-refractivity contribution in [2.75, 3.05) is 6.61 Å². The van der Waals surface area contributed by atoms with Crippen molar-refractivity contribution in [2.24, 2.45) is 0 Å². The van der Waals surface area contributed by atoms with Crippen molar-refractivity contribution >= 4 is 0 Å². The largest absolute Gasteiger partial charge is 0.376 e. The molecule has 3 unspecified atom stereocenters. The van der Waals surface area contributed by atoms with Crippen LogP contribution < -0.4 is 0 Å². The van der Waals surface area contributed by atoms with Gasteiger partial charge in [-0.1, -0.05) is 56.4 Å². The summed E-state index contributed by atoms with van der Waals surface area (Å²) in [5.74, 6) is 6.22. The Balaban J connectivity index is 1.91. The highest BCUT2D eigenvalue weighted by atomic mass is 16.7. The van der Waals surface area contributed by atoms with Crippen molar-refractivity contribution < 1.29 is 14.6 Å². The van der Waals surface area contributed by atoms with Gasteiger partial charge in [0.05, 0.1) is 6.10 Å². The summed E-state index contributed by atoms with van der Waals surface area (Å²) in [6.45, 7) is 8.92. The molecule has 0 aromatic heterocycles. The Morgan fingerprint density at radius 2 is 2.17 bits per heavy atom. The zero-order valence-electron chi connectivity index (χ0n) is 18.3. The molecule has 2 rings (SSSR count). The summed E-state index contributed by atoms with van der Waals surface area (Å²) in [6.07, 6.45) is 11.6. The molecule has 160 valence electrons. The zero-order chi connectivity index (χ0) is 20.9. The molecule has 1 aromatic rings. The molecule has 0 radical (unpaired) electrons. The molecule has 3 heteroatoms. The van der Waals surface area contributed by atoms with E-state index in [0.29, 0.717) is 0 Å². The second kappa shape index (κ2) is 13.6. The maximum absolute atomic E-state index is 10.6. The van der Waals surface area contributed by atoms with E-state index in [1.165, 1.54) is 31.2 Å². The smallest absolute Gasteiger partial charge is 0.157 e. The van der Waals surface area contributed by atoms with Crippen LogP contribution >= 0.6 is 0 Å². The average Bonchev–Trinajstić information content (AvgIpc) is 2.73. The van der Waals surface area contributed by atoms with Crippen molar-refractivity contribution in [1.82, 2.24) is 0 Å². The van der Waals surface area contributed by atoms with E-state index in [-0.39, 0.29) is 12.4 Å². The molecule has 0 amide bonds. The zero-order valence-corrected chi connectivity index (χ0v) is 18.3. The van der Waals surface area contributed by atoms with E-state index in [9.17, 15) is 5.11 Å². The molecule has 29 heavy (non-hydrogen) atoms. The second-order valence-corrected chi connectivity index (χ2v) is 7.95. The fourth-order valence-corrected chi connectivity index (χ4v) is 3.82. The molecular formula is C26H38O3. The first kappa shape index (κ1) is 23.7. The topological polar surface area (TPSA) is 38.7 Å². The lowest BCUT2D eigenvalue weighted by Gasteiger charge is -2.27. The van der Waals surface area contributed by atoms with Crippen LogP contribution in [0.2, 0.25) is 0 Å². The standard InChI is InChI=1S/C26H38O3/c1-4-6-7-15-22(29-26-19-10-11-20-28-26)16-8-9-18-25(27)24-17-12-14-21(3)23(24)13-5-2/h5,12,14,17,22,25-27H,2,4,6-8,10-11,13,15-16,19-20H2,1,3H3. The van der Waals surface area contributed by atoms with Crippen LogP contribution in [0.25, 0.3) is 0 Å². The fraction of sp³-hybridized carbons (Fsp3) is 0.615. The average molecular weight is 399 g/mol. The molecule has 1 fully saturated rings. The third kappa shape index (κ3) is 8.34. The first-order valence-electron chi connectivity index (χ1n) is 11.3. The number of allylic oxidation sites excluding steroid dienone is 1. The molecule has 1 heterocycles. The monoisotopic (exact) mass is 398 g/mol. The molecule has 3 atom stereocenters. The summed E-state index contributed by atoms with van der Waals surface area (Å²) in [5.41, 5.74) is 3.18. The highest BCUT2D eigenvalue weighted by Crippen LogP contribution is 2.23. The summed E-state index contributed by atoms with van der Waals surface area (Å²) < 4.78 is 12.0. The van der Waals surface area contributed by atoms with Gasteiger partial charge in [0, 0.05) is 13.0 Å². The molecular weight excluding hydrogens is 360 g/mol. The maximum atomic E-state index is 10.6. The lowest BCUT2D eigenvalue weighted by molar-refractivity contribution is -0.190. The van der Waals surface area contributed by atoms with Crippen LogP contribution in [0.5, 0.6) is 0 Å². The Morgan fingerprint density at radius 3 is 2.90 bits per heavy atom. The molecule has 0 spiro atoms. The van der Waals surface area contributed by atoms with Gasteiger partial charge in [-0.25, -0.2) is 0 Å². The van der Waals surface area contributed by atoms with Crippen LogP contribution in [0, 0.1) is 18.8 Å². The second-order valence-electron chi connectivity index (χ2n) is 7.95. The SMILES string of the molecule is C=CCc1c(C)cccc1C(O)C#CCCC(CCCCC)OC1CCCCO1. The first-order chi connectivity index (χ1) is 14.2. The van der Waals surface area contributed by atoms with Gasteiger partial charge < -0.3 is 14.6 Å². The lowest BCUT2D eigenvalue weighted by atomic mass is 9.95. The van der Waals surface area contributed by atoms with Gasteiger partial charge in [0.25, 0.3) is 0 Å². The number of aliphatic hydroxyl groups excluding tert-OH is 1.